The largest absolute Gasteiger partial charge is 0.504 e. The lowest BCUT2D eigenvalue weighted by Gasteiger charge is -2.07. The van der Waals surface area contributed by atoms with Crippen molar-refractivity contribution in [2.24, 2.45) is 0 Å². The minimum Gasteiger partial charge on any atom is -0.504 e. The first-order chi connectivity index (χ1) is 16.1. The predicted molar refractivity (Wildman–Crippen MR) is 140 cm³/mol. The van der Waals surface area contributed by atoms with E-state index < -0.39 is 5.97 Å². The van der Waals surface area contributed by atoms with Gasteiger partial charge in [0.15, 0.2) is 11.5 Å². The Hall–Kier alpha value is -2.23. The number of ether oxygens (including phenoxy) is 1. The zero-order valence-electron chi connectivity index (χ0n) is 21.4. The molecule has 0 spiro atoms. The van der Waals surface area contributed by atoms with Gasteiger partial charge in [-0.1, -0.05) is 88.8 Å². The van der Waals surface area contributed by atoms with Gasteiger partial charge in [0.2, 0.25) is 0 Å². The van der Waals surface area contributed by atoms with Gasteiger partial charge in [0, 0.05) is 6.42 Å². The van der Waals surface area contributed by atoms with Crippen LogP contribution in [0.15, 0.2) is 42.5 Å². The van der Waals surface area contributed by atoms with E-state index in [0.717, 1.165) is 50.5 Å². The van der Waals surface area contributed by atoms with Crippen molar-refractivity contribution in [3.05, 3.63) is 48.1 Å². The molecule has 1 rings (SSSR count). The SMILES string of the molecule is CCCCC/C=C\C/C=C\CCCCCCCC(=O)O.CCCCc1cccc(OC)c1O. The van der Waals surface area contributed by atoms with E-state index in [1.54, 1.807) is 13.2 Å². The minimum absolute atomic E-state index is 0.290. The molecule has 188 valence electrons. The molecule has 33 heavy (non-hydrogen) atoms. The Balaban J connectivity index is 0.000000676. The van der Waals surface area contributed by atoms with E-state index in [1.807, 2.05) is 12.1 Å². The monoisotopic (exact) mass is 460 g/mol. The lowest BCUT2D eigenvalue weighted by Crippen LogP contribution is -1.93. The second-order valence-electron chi connectivity index (χ2n) is 8.45. The molecule has 0 radical (unpaired) electrons. The number of phenols is 1. The van der Waals surface area contributed by atoms with E-state index in [1.165, 1.54) is 44.9 Å². The number of hydrogen-bond donors (Lipinski definition) is 2. The van der Waals surface area contributed by atoms with Crippen LogP contribution >= 0.6 is 0 Å². The van der Waals surface area contributed by atoms with Crippen LogP contribution in [-0.2, 0) is 11.2 Å². The summed E-state index contributed by atoms with van der Waals surface area (Å²) >= 11 is 0. The summed E-state index contributed by atoms with van der Waals surface area (Å²) in [4.78, 5) is 10.3. The van der Waals surface area contributed by atoms with E-state index in [0.29, 0.717) is 17.9 Å². The number of unbranched alkanes of at least 4 members (excludes halogenated alkanes) is 9. The predicted octanol–water partition coefficient (Wildman–Crippen LogP) is 8.63. The molecule has 4 nitrogen and oxygen atoms in total. The first-order valence-corrected chi connectivity index (χ1v) is 12.9. The van der Waals surface area contributed by atoms with Crippen molar-refractivity contribution >= 4 is 5.97 Å². The number of benzene rings is 1. The summed E-state index contributed by atoms with van der Waals surface area (Å²) in [5, 5.41) is 18.2. The maximum absolute atomic E-state index is 10.3. The van der Waals surface area contributed by atoms with Crippen LogP contribution in [0.25, 0.3) is 0 Å². The van der Waals surface area contributed by atoms with Gasteiger partial charge in [0.25, 0.3) is 0 Å². The Morgan fingerprint density at radius 2 is 1.45 bits per heavy atom. The fourth-order valence-electron chi connectivity index (χ4n) is 3.39. The molecule has 0 saturated heterocycles. The molecular weight excluding hydrogens is 412 g/mol. The van der Waals surface area contributed by atoms with Gasteiger partial charge in [-0.3, -0.25) is 4.79 Å². The van der Waals surface area contributed by atoms with E-state index >= 15 is 0 Å². The summed E-state index contributed by atoms with van der Waals surface area (Å²) < 4.78 is 5.02. The van der Waals surface area contributed by atoms with E-state index in [2.05, 4.69) is 38.2 Å². The fraction of sp³-hybridized carbons (Fsp3) is 0.621. The van der Waals surface area contributed by atoms with Crippen molar-refractivity contribution in [1.29, 1.82) is 0 Å². The smallest absolute Gasteiger partial charge is 0.303 e. The first-order valence-electron chi connectivity index (χ1n) is 12.9. The molecule has 0 aliphatic carbocycles. The highest BCUT2D eigenvalue weighted by Crippen LogP contribution is 2.30. The lowest BCUT2D eigenvalue weighted by atomic mass is 10.1. The summed E-state index contributed by atoms with van der Waals surface area (Å²) in [6.45, 7) is 4.37. The Labute approximate surface area is 202 Å². The van der Waals surface area contributed by atoms with Gasteiger partial charge in [-0.15, -0.1) is 0 Å². The van der Waals surface area contributed by atoms with Gasteiger partial charge in [-0.2, -0.15) is 0 Å². The van der Waals surface area contributed by atoms with Gasteiger partial charge < -0.3 is 14.9 Å². The Morgan fingerprint density at radius 3 is 2.06 bits per heavy atom. The first kappa shape index (κ1) is 30.8. The molecule has 0 aliphatic heterocycles. The van der Waals surface area contributed by atoms with Gasteiger partial charge >= 0.3 is 5.97 Å². The van der Waals surface area contributed by atoms with Crippen LogP contribution in [-0.4, -0.2) is 23.3 Å². The molecular formula is C29H48O4. The third kappa shape index (κ3) is 19.0. The number of aryl methyl sites for hydroxylation is 1. The average molecular weight is 461 g/mol. The van der Waals surface area contributed by atoms with Crippen LogP contribution < -0.4 is 4.74 Å². The highest BCUT2D eigenvalue weighted by Gasteiger charge is 2.05. The van der Waals surface area contributed by atoms with Gasteiger partial charge in [0.1, 0.15) is 0 Å². The molecule has 0 unspecified atom stereocenters. The summed E-state index contributed by atoms with van der Waals surface area (Å²) in [6, 6.07) is 5.61. The normalized spacial score (nSPS) is 11.0. The molecule has 1 aromatic carbocycles. The average Bonchev–Trinajstić information content (AvgIpc) is 2.81. The Kier molecular flexibility index (Phi) is 21.4. The fourth-order valence-corrected chi connectivity index (χ4v) is 3.39. The third-order valence-electron chi connectivity index (χ3n) is 5.44. The van der Waals surface area contributed by atoms with Crippen LogP contribution in [0, 0.1) is 0 Å². The standard InChI is InChI=1S/C18H32O2.C11H16O2/c1-2-3-4-5-6-7-8-9-10-11-12-13-14-15-16-17-18(19)20;1-3-4-6-9-7-5-8-10(13-2)11(9)12/h6-7,9-10H,2-5,8,11-17H2,1H3,(H,19,20);5,7-8,12H,3-4,6H2,1-2H3/b7-6-,10-9-;. The van der Waals surface area contributed by atoms with Crippen molar-refractivity contribution in [3.8, 4) is 11.5 Å². The van der Waals surface area contributed by atoms with E-state index in [-0.39, 0.29) is 0 Å². The number of carbonyl (C=O) groups is 1. The number of methoxy groups -OCH3 is 1. The minimum atomic E-state index is -0.671. The van der Waals surface area contributed by atoms with Crippen LogP contribution in [0.5, 0.6) is 11.5 Å². The molecule has 2 N–H and O–H groups in total. The highest BCUT2D eigenvalue weighted by molar-refractivity contribution is 5.66. The topological polar surface area (TPSA) is 66.8 Å². The number of para-hydroxylation sites is 1. The summed E-state index contributed by atoms with van der Waals surface area (Å²) in [7, 11) is 1.57. The zero-order chi connectivity index (χ0) is 24.6. The highest BCUT2D eigenvalue weighted by atomic mass is 16.5. The zero-order valence-corrected chi connectivity index (χ0v) is 21.4. The molecule has 0 fully saturated rings. The van der Waals surface area contributed by atoms with Crippen molar-refractivity contribution < 1.29 is 19.7 Å². The lowest BCUT2D eigenvalue weighted by molar-refractivity contribution is -0.137. The number of carboxylic acids is 1. The van der Waals surface area contributed by atoms with E-state index in [9.17, 15) is 9.90 Å². The molecule has 1 aromatic rings. The Morgan fingerprint density at radius 1 is 0.848 bits per heavy atom. The van der Waals surface area contributed by atoms with E-state index in [4.69, 9.17) is 9.84 Å². The van der Waals surface area contributed by atoms with Gasteiger partial charge in [-0.05, 0) is 63.0 Å². The number of phenolic OH excluding ortho intramolecular Hbond substituents is 1. The van der Waals surface area contributed by atoms with Crippen molar-refractivity contribution in [2.75, 3.05) is 7.11 Å². The summed E-state index contributed by atoms with van der Waals surface area (Å²) in [6.07, 6.45) is 25.4. The molecule has 0 heterocycles. The molecule has 4 heteroatoms. The van der Waals surface area contributed by atoms with Gasteiger partial charge in [0.05, 0.1) is 7.11 Å². The molecule has 0 aliphatic rings. The number of carboxylic acid groups (broad SMARTS) is 1. The van der Waals surface area contributed by atoms with Crippen molar-refractivity contribution in [2.45, 2.75) is 110 Å². The number of aromatic hydroxyl groups is 1. The number of aliphatic carboxylic acids is 1. The van der Waals surface area contributed by atoms with Crippen LogP contribution in [0.3, 0.4) is 0 Å². The molecule has 0 saturated carbocycles. The van der Waals surface area contributed by atoms with Crippen molar-refractivity contribution in [3.63, 3.8) is 0 Å². The maximum Gasteiger partial charge on any atom is 0.303 e. The van der Waals surface area contributed by atoms with Crippen LogP contribution in [0.4, 0.5) is 0 Å². The molecule has 0 bridgehead atoms. The van der Waals surface area contributed by atoms with Crippen LogP contribution in [0.1, 0.15) is 109 Å². The number of rotatable bonds is 18. The second kappa shape index (κ2) is 22.9. The Bertz CT molecular complexity index is 649. The molecule has 0 atom stereocenters. The van der Waals surface area contributed by atoms with Gasteiger partial charge in [-0.25, -0.2) is 0 Å². The van der Waals surface area contributed by atoms with Crippen LogP contribution in [0.2, 0.25) is 0 Å². The number of allylic oxidation sites excluding steroid dienone is 4. The third-order valence-corrected chi connectivity index (χ3v) is 5.44. The van der Waals surface area contributed by atoms with Crippen molar-refractivity contribution in [1.82, 2.24) is 0 Å². The second-order valence-corrected chi connectivity index (χ2v) is 8.45. The molecule has 0 amide bonds. The quantitative estimate of drug-likeness (QED) is 0.170. The maximum atomic E-state index is 10.3. The summed E-state index contributed by atoms with van der Waals surface area (Å²) in [5.74, 6) is 0.183. The molecule has 0 aromatic heterocycles. The summed E-state index contributed by atoms with van der Waals surface area (Å²) in [5.41, 5.74) is 0.973. The number of hydrogen-bond acceptors (Lipinski definition) is 3.